The van der Waals surface area contributed by atoms with Crippen molar-refractivity contribution in [3.63, 3.8) is 0 Å². The van der Waals surface area contributed by atoms with Gasteiger partial charge in [-0.25, -0.2) is 4.98 Å². The topological polar surface area (TPSA) is 59.5 Å². The van der Waals surface area contributed by atoms with Gasteiger partial charge in [-0.1, -0.05) is 23.2 Å². The molecule has 1 amide bonds. The van der Waals surface area contributed by atoms with Crippen molar-refractivity contribution >= 4 is 35.1 Å². The molecule has 0 aliphatic rings. The maximum Gasteiger partial charge on any atom is 0.325 e. The van der Waals surface area contributed by atoms with Crippen LogP contribution in [0.2, 0.25) is 10.3 Å². The third-order valence-corrected chi connectivity index (χ3v) is 2.96. The summed E-state index contributed by atoms with van der Waals surface area (Å²) in [4.78, 5) is 28.8. The van der Waals surface area contributed by atoms with Crippen LogP contribution in [0.4, 0.5) is 0 Å². The number of aromatic nitrogens is 1. The second kappa shape index (κ2) is 6.73. The molecule has 0 fully saturated rings. The normalized spacial score (nSPS) is 10.4. The van der Waals surface area contributed by atoms with E-state index in [1.807, 2.05) is 0 Å². The monoisotopic (exact) mass is 304 g/mol. The number of ether oxygens (including phenoxy) is 1. The Labute approximate surface area is 121 Å². The van der Waals surface area contributed by atoms with E-state index in [2.05, 4.69) is 9.72 Å². The van der Waals surface area contributed by atoms with Gasteiger partial charge in [-0.05, 0) is 26.0 Å². The molecule has 0 atom stereocenters. The number of carbonyl (C=O) groups excluding carboxylic acids is 2. The Morgan fingerprint density at radius 1 is 1.37 bits per heavy atom. The summed E-state index contributed by atoms with van der Waals surface area (Å²) in [7, 11) is 1.27. The summed E-state index contributed by atoms with van der Waals surface area (Å²) in [5, 5.41) is 0.207. The summed E-state index contributed by atoms with van der Waals surface area (Å²) < 4.78 is 4.56. The van der Waals surface area contributed by atoms with Crippen LogP contribution in [0.1, 0.15) is 24.2 Å². The number of esters is 1. The molecule has 0 aliphatic carbocycles. The number of carbonyl (C=O) groups is 2. The van der Waals surface area contributed by atoms with E-state index in [1.165, 1.54) is 24.1 Å². The van der Waals surface area contributed by atoms with Gasteiger partial charge in [-0.15, -0.1) is 0 Å². The number of halogens is 2. The van der Waals surface area contributed by atoms with Crippen molar-refractivity contribution in [2.75, 3.05) is 13.7 Å². The van der Waals surface area contributed by atoms with Crippen LogP contribution in [-0.2, 0) is 9.53 Å². The molecular weight excluding hydrogens is 291 g/mol. The minimum Gasteiger partial charge on any atom is -0.468 e. The lowest BCUT2D eigenvalue weighted by Gasteiger charge is -2.25. The Balaban J connectivity index is 3.02. The fraction of sp³-hybridized carbons (Fsp3) is 0.417. The largest absolute Gasteiger partial charge is 0.468 e. The van der Waals surface area contributed by atoms with Crippen molar-refractivity contribution in [1.29, 1.82) is 0 Å². The highest BCUT2D eigenvalue weighted by molar-refractivity contribution is 6.34. The zero-order valence-electron chi connectivity index (χ0n) is 10.8. The van der Waals surface area contributed by atoms with E-state index in [9.17, 15) is 9.59 Å². The van der Waals surface area contributed by atoms with Crippen molar-refractivity contribution in [3.8, 4) is 0 Å². The van der Waals surface area contributed by atoms with E-state index in [1.54, 1.807) is 13.8 Å². The van der Waals surface area contributed by atoms with E-state index in [-0.39, 0.29) is 28.5 Å². The smallest absolute Gasteiger partial charge is 0.325 e. The van der Waals surface area contributed by atoms with Crippen molar-refractivity contribution in [2.24, 2.45) is 0 Å². The Kier molecular flexibility index (Phi) is 5.57. The lowest BCUT2D eigenvalue weighted by atomic mass is 10.2. The van der Waals surface area contributed by atoms with Crippen LogP contribution >= 0.6 is 23.2 Å². The minimum absolute atomic E-state index is 0.00742. The van der Waals surface area contributed by atoms with Crippen molar-refractivity contribution in [3.05, 3.63) is 28.0 Å². The molecule has 0 N–H and O–H groups in total. The first-order valence-electron chi connectivity index (χ1n) is 5.56. The van der Waals surface area contributed by atoms with Gasteiger partial charge in [-0.3, -0.25) is 9.59 Å². The fourth-order valence-corrected chi connectivity index (χ4v) is 1.84. The van der Waals surface area contributed by atoms with Crippen molar-refractivity contribution in [2.45, 2.75) is 19.9 Å². The summed E-state index contributed by atoms with van der Waals surface area (Å²) in [5.74, 6) is -0.894. The molecule has 19 heavy (non-hydrogen) atoms. The van der Waals surface area contributed by atoms with Gasteiger partial charge < -0.3 is 9.64 Å². The molecule has 1 aromatic heterocycles. The van der Waals surface area contributed by atoms with Crippen LogP contribution < -0.4 is 0 Å². The number of rotatable bonds is 4. The van der Waals surface area contributed by atoms with Gasteiger partial charge in [0.05, 0.1) is 12.7 Å². The number of methoxy groups -OCH3 is 1. The van der Waals surface area contributed by atoms with Crippen LogP contribution in [0.5, 0.6) is 0 Å². The molecule has 1 rings (SSSR count). The van der Waals surface area contributed by atoms with Crippen LogP contribution in [0.25, 0.3) is 0 Å². The molecule has 0 radical (unpaired) electrons. The average Bonchev–Trinajstić information content (AvgIpc) is 2.34. The lowest BCUT2D eigenvalue weighted by Crippen LogP contribution is -2.41. The number of pyridine rings is 1. The molecule has 0 saturated heterocycles. The molecule has 1 heterocycles. The van der Waals surface area contributed by atoms with E-state index >= 15 is 0 Å². The first kappa shape index (κ1) is 15.7. The molecule has 7 heteroatoms. The van der Waals surface area contributed by atoms with Gasteiger partial charge in [0.15, 0.2) is 0 Å². The minimum atomic E-state index is -0.500. The predicted molar refractivity (Wildman–Crippen MR) is 72.4 cm³/mol. The van der Waals surface area contributed by atoms with Crippen LogP contribution in [0.15, 0.2) is 12.1 Å². The number of nitrogens with zero attached hydrogens (tertiary/aromatic N) is 2. The summed E-state index contributed by atoms with van der Waals surface area (Å²) in [6.45, 7) is 3.43. The molecule has 0 saturated carbocycles. The van der Waals surface area contributed by atoms with Crippen LogP contribution in [-0.4, -0.2) is 41.5 Å². The Morgan fingerprint density at radius 2 is 2.00 bits per heavy atom. The quantitative estimate of drug-likeness (QED) is 0.633. The number of hydrogen-bond donors (Lipinski definition) is 0. The van der Waals surface area contributed by atoms with E-state index < -0.39 is 11.9 Å². The molecular formula is C12H14Cl2N2O3. The standard InChI is InChI=1S/C12H14Cl2N2O3/c1-7(2)16(6-10(17)19-3)12(18)8-4-5-9(13)15-11(8)14/h4-5,7H,6H2,1-3H3. The van der Waals surface area contributed by atoms with Gasteiger partial charge >= 0.3 is 5.97 Å². The molecule has 0 unspecified atom stereocenters. The Bertz CT molecular complexity index is 492. The number of amides is 1. The molecule has 5 nitrogen and oxygen atoms in total. The molecule has 1 aromatic rings. The molecule has 104 valence electrons. The second-order valence-electron chi connectivity index (χ2n) is 4.08. The van der Waals surface area contributed by atoms with Gasteiger partial charge in [0.1, 0.15) is 16.9 Å². The van der Waals surface area contributed by atoms with Crippen LogP contribution in [0, 0.1) is 0 Å². The Hall–Kier alpha value is -1.33. The SMILES string of the molecule is COC(=O)CN(C(=O)c1ccc(Cl)nc1Cl)C(C)C. The van der Waals surface area contributed by atoms with Crippen molar-refractivity contribution in [1.82, 2.24) is 9.88 Å². The molecule has 0 aliphatic heterocycles. The zero-order valence-corrected chi connectivity index (χ0v) is 12.3. The first-order chi connectivity index (χ1) is 8.86. The van der Waals surface area contributed by atoms with Gasteiger partial charge in [0.2, 0.25) is 0 Å². The van der Waals surface area contributed by atoms with E-state index in [0.29, 0.717) is 0 Å². The molecule has 0 bridgehead atoms. The summed E-state index contributed by atoms with van der Waals surface area (Å²) >= 11 is 11.6. The molecule has 0 aromatic carbocycles. The predicted octanol–water partition coefficient (Wildman–Crippen LogP) is 2.41. The highest BCUT2D eigenvalue weighted by atomic mass is 35.5. The van der Waals surface area contributed by atoms with Gasteiger partial charge in [0, 0.05) is 6.04 Å². The molecule has 0 spiro atoms. The van der Waals surface area contributed by atoms with Crippen molar-refractivity contribution < 1.29 is 14.3 Å². The zero-order chi connectivity index (χ0) is 14.6. The fourth-order valence-electron chi connectivity index (χ4n) is 1.42. The maximum absolute atomic E-state index is 12.3. The summed E-state index contributed by atoms with van der Waals surface area (Å²) in [6.07, 6.45) is 0. The van der Waals surface area contributed by atoms with E-state index in [4.69, 9.17) is 23.2 Å². The van der Waals surface area contributed by atoms with Crippen LogP contribution in [0.3, 0.4) is 0 Å². The average molecular weight is 305 g/mol. The first-order valence-corrected chi connectivity index (χ1v) is 6.32. The third-order valence-electron chi connectivity index (χ3n) is 2.46. The Morgan fingerprint density at radius 3 is 2.47 bits per heavy atom. The number of hydrogen-bond acceptors (Lipinski definition) is 4. The van der Waals surface area contributed by atoms with E-state index in [0.717, 1.165) is 0 Å². The summed E-state index contributed by atoms with van der Waals surface area (Å²) in [5.41, 5.74) is 0.198. The third kappa shape index (κ3) is 4.08. The van der Waals surface area contributed by atoms with Gasteiger partial charge in [-0.2, -0.15) is 0 Å². The highest BCUT2D eigenvalue weighted by Crippen LogP contribution is 2.19. The maximum atomic E-state index is 12.3. The lowest BCUT2D eigenvalue weighted by molar-refractivity contribution is -0.141. The summed E-state index contributed by atoms with van der Waals surface area (Å²) in [6, 6.07) is 2.77. The highest BCUT2D eigenvalue weighted by Gasteiger charge is 2.24. The second-order valence-corrected chi connectivity index (χ2v) is 4.82. The van der Waals surface area contributed by atoms with Gasteiger partial charge in [0.25, 0.3) is 5.91 Å².